The molecule has 1 aliphatic heterocycles. The first-order chi connectivity index (χ1) is 9.12. The Labute approximate surface area is 118 Å². The van der Waals surface area contributed by atoms with E-state index in [1.165, 1.54) is 11.3 Å². The highest BCUT2D eigenvalue weighted by Crippen LogP contribution is 2.20. The quantitative estimate of drug-likeness (QED) is 0.832. The third kappa shape index (κ3) is 4.25. The van der Waals surface area contributed by atoms with Crippen LogP contribution in [-0.2, 0) is 21.3 Å². The fourth-order valence-corrected chi connectivity index (χ4v) is 4.46. The van der Waals surface area contributed by atoms with Crippen LogP contribution >= 0.6 is 11.3 Å². The van der Waals surface area contributed by atoms with Gasteiger partial charge >= 0.3 is 0 Å². The highest BCUT2D eigenvalue weighted by atomic mass is 32.2. The van der Waals surface area contributed by atoms with Gasteiger partial charge in [0.05, 0.1) is 11.5 Å². The number of nitrogens with one attached hydrogen (secondary N) is 2. The summed E-state index contributed by atoms with van der Waals surface area (Å²) in [5.41, 5.74) is 0. The molecule has 1 atom stereocenters. The summed E-state index contributed by atoms with van der Waals surface area (Å²) in [6.45, 7) is 4.80. The molecule has 0 radical (unpaired) electrons. The second kappa shape index (κ2) is 6.81. The van der Waals surface area contributed by atoms with Gasteiger partial charge in [-0.05, 0) is 25.5 Å². The van der Waals surface area contributed by atoms with Crippen molar-refractivity contribution < 1.29 is 13.2 Å². The molecule has 1 saturated heterocycles. The topological polar surface area (TPSA) is 67.4 Å². The Morgan fingerprint density at radius 2 is 2.37 bits per heavy atom. The van der Waals surface area contributed by atoms with Crippen LogP contribution in [0.25, 0.3) is 0 Å². The molecular weight excluding hydrogens is 284 g/mol. The first-order valence-electron chi connectivity index (χ1n) is 6.50. The maximum absolute atomic E-state index is 12.2. The maximum atomic E-state index is 12.2. The van der Waals surface area contributed by atoms with E-state index >= 15 is 0 Å². The Bertz CT molecular complexity index is 493. The molecule has 1 fully saturated rings. The number of sulfonamides is 1. The van der Waals surface area contributed by atoms with Crippen LogP contribution in [0.15, 0.2) is 16.3 Å². The third-order valence-corrected chi connectivity index (χ3v) is 5.56. The smallest absolute Gasteiger partial charge is 0.241 e. The lowest BCUT2D eigenvalue weighted by Crippen LogP contribution is -2.40. The first-order valence-corrected chi connectivity index (χ1v) is 8.86. The summed E-state index contributed by atoms with van der Waals surface area (Å²) < 4.78 is 32.4. The van der Waals surface area contributed by atoms with Gasteiger partial charge in [-0.1, -0.05) is 6.92 Å². The molecule has 2 N–H and O–H groups in total. The van der Waals surface area contributed by atoms with Crippen LogP contribution in [0.4, 0.5) is 0 Å². The van der Waals surface area contributed by atoms with Crippen molar-refractivity contribution in [3.8, 4) is 0 Å². The second-order valence-corrected chi connectivity index (χ2v) is 7.27. The number of rotatable bonds is 6. The molecule has 5 nitrogen and oxygen atoms in total. The van der Waals surface area contributed by atoms with Crippen molar-refractivity contribution in [1.82, 2.24) is 10.0 Å². The Morgan fingerprint density at radius 1 is 1.53 bits per heavy atom. The van der Waals surface area contributed by atoms with Crippen LogP contribution in [0.3, 0.4) is 0 Å². The minimum Gasteiger partial charge on any atom is -0.380 e. The summed E-state index contributed by atoms with van der Waals surface area (Å²) >= 11 is 1.47. The normalized spacial score (nSPS) is 20.6. The number of hydrogen-bond acceptors (Lipinski definition) is 5. The summed E-state index contributed by atoms with van der Waals surface area (Å²) in [4.78, 5) is 1.39. The van der Waals surface area contributed by atoms with Crippen LogP contribution in [-0.4, -0.2) is 34.2 Å². The van der Waals surface area contributed by atoms with Crippen molar-refractivity contribution in [2.75, 3.05) is 19.8 Å². The van der Waals surface area contributed by atoms with Gasteiger partial charge in [-0.15, -0.1) is 11.3 Å². The first kappa shape index (κ1) is 14.9. The zero-order chi connectivity index (χ0) is 13.7. The number of ether oxygens (including phenoxy) is 1. The molecule has 0 amide bonds. The molecule has 0 spiro atoms. The average molecular weight is 304 g/mol. The molecule has 1 unspecified atom stereocenters. The largest absolute Gasteiger partial charge is 0.380 e. The number of thiophene rings is 1. The van der Waals surface area contributed by atoms with Gasteiger partial charge in [-0.25, -0.2) is 13.1 Å². The molecule has 7 heteroatoms. The fraction of sp³-hybridized carbons (Fsp3) is 0.667. The van der Waals surface area contributed by atoms with Gasteiger partial charge in [-0.2, -0.15) is 0 Å². The molecule has 1 aromatic heterocycles. The third-order valence-electron chi connectivity index (χ3n) is 2.97. The van der Waals surface area contributed by atoms with Crippen LogP contribution < -0.4 is 10.0 Å². The van der Waals surface area contributed by atoms with E-state index in [2.05, 4.69) is 10.0 Å². The van der Waals surface area contributed by atoms with Gasteiger partial charge in [0.1, 0.15) is 0 Å². The molecule has 2 rings (SSSR count). The fourth-order valence-electron chi connectivity index (χ4n) is 1.96. The monoisotopic (exact) mass is 304 g/mol. The van der Waals surface area contributed by atoms with Gasteiger partial charge in [0.25, 0.3) is 0 Å². The van der Waals surface area contributed by atoms with Crippen molar-refractivity contribution in [3.63, 3.8) is 0 Å². The van der Waals surface area contributed by atoms with Gasteiger partial charge in [0.2, 0.25) is 10.0 Å². The highest BCUT2D eigenvalue weighted by Gasteiger charge is 2.23. The van der Waals surface area contributed by atoms with E-state index in [0.717, 1.165) is 30.9 Å². The zero-order valence-electron chi connectivity index (χ0n) is 11.0. The number of hydrogen-bond donors (Lipinski definition) is 2. The van der Waals surface area contributed by atoms with Gasteiger partial charge in [-0.3, -0.25) is 0 Å². The van der Waals surface area contributed by atoms with E-state index in [1.807, 2.05) is 6.92 Å². The minimum absolute atomic E-state index is 0.101. The van der Waals surface area contributed by atoms with Crippen LogP contribution in [0.5, 0.6) is 0 Å². The highest BCUT2D eigenvalue weighted by molar-refractivity contribution is 7.89. The average Bonchev–Trinajstić information content (AvgIpc) is 2.86. The van der Waals surface area contributed by atoms with Crippen molar-refractivity contribution in [3.05, 3.63) is 16.3 Å². The molecular formula is C12H20N2O3S2. The molecule has 1 aromatic rings. The molecule has 108 valence electrons. The van der Waals surface area contributed by atoms with E-state index < -0.39 is 10.0 Å². The predicted molar refractivity (Wildman–Crippen MR) is 75.9 cm³/mol. The van der Waals surface area contributed by atoms with Crippen LogP contribution in [0.1, 0.15) is 24.6 Å². The van der Waals surface area contributed by atoms with Crippen molar-refractivity contribution >= 4 is 21.4 Å². The van der Waals surface area contributed by atoms with Gasteiger partial charge in [0.15, 0.2) is 0 Å². The van der Waals surface area contributed by atoms with Crippen LogP contribution in [0, 0.1) is 0 Å². The zero-order valence-corrected chi connectivity index (χ0v) is 12.6. The van der Waals surface area contributed by atoms with E-state index in [4.69, 9.17) is 4.74 Å². The molecule has 0 saturated carbocycles. The lowest BCUT2D eigenvalue weighted by molar-refractivity contribution is 0.0774. The van der Waals surface area contributed by atoms with E-state index in [9.17, 15) is 8.42 Å². The summed E-state index contributed by atoms with van der Waals surface area (Å²) in [5, 5.41) is 4.88. The van der Waals surface area contributed by atoms with E-state index in [-0.39, 0.29) is 6.04 Å². The molecule has 0 aromatic carbocycles. The van der Waals surface area contributed by atoms with E-state index in [0.29, 0.717) is 18.0 Å². The summed E-state index contributed by atoms with van der Waals surface area (Å²) in [5.74, 6) is 0. The van der Waals surface area contributed by atoms with Gasteiger partial charge < -0.3 is 10.1 Å². The molecule has 0 bridgehead atoms. The van der Waals surface area contributed by atoms with Crippen molar-refractivity contribution in [1.29, 1.82) is 0 Å². The van der Waals surface area contributed by atoms with Gasteiger partial charge in [0, 0.05) is 29.5 Å². The lowest BCUT2D eigenvalue weighted by atomic mass is 10.1. The standard InChI is InChI=1S/C12H20N2O3S2/c1-2-13-7-11-6-12(9-18-11)19(15,16)14-10-4-3-5-17-8-10/h6,9-10,13-14H,2-5,7-8H2,1H3. The summed E-state index contributed by atoms with van der Waals surface area (Å²) in [7, 11) is -3.41. The molecule has 1 aliphatic rings. The summed E-state index contributed by atoms with van der Waals surface area (Å²) in [6.07, 6.45) is 1.75. The molecule has 2 heterocycles. The second-order valence-electron chi connectivity index (χ2n) is 4.56. The lowest BCUT2D eigenvalue weighted by Gasteiger charge is -2.22. The Hall–Kier alpha value is -0.470. The van der Waals surface area contributed by atoms with E-state index in [1.54, 1.807) is 11.4 Å². The molecule has 0 aliphatic carbocycles. The minimum atomic E-state index is -3.41. The summed E-state index contributed by atoms with van der Waals surface area (Å²) in [6, 6.07) is 1.63. The molecule has 19 heavy (non-hydrogen) atoms. The SMILES string of the molecule is CCNCc1cc(S(=O)(=O)NC2CCCOC2)cs1. The van der Waals surface area contributed by atoms with Crippen molar-refractivity contribution in [2.45, 2.75) is 37.2 Å². The predicted octanol–water partition coefficient (Wildman–Crippen LogP) is 1.31. The van der Waals surface area contributed by atoms with Crippen molar-refractivity contribution in [2.24, 2.45) is 0 Å². The van der Waals surface area contributed by atoms with Crippen LogP contribution in [0.2, 0.25) is 0 Å². The maximum Gasteiger partial charge on any atom is 0.241 e. The Balaban J connectivity index is 1.99. The Morgan fingerprint density at radius 3 is 3.05 bits per heavy atom. The Kier molecular flexibility index (Phi) is 5.35.